The first-order valence-electron chi connectivity index (χ1n) is 12.5. The van der Waals surface area contributed by atoms with E-state index < -0.39 is 23.3 Å². The minimum Gasteiger partial charge on any atom is -0.491 e. The monoisotopic (exact) mass is 489 g/mol. The summed E-state index contributed by atoms with van der Waals surface area (Å²) in [7, 11) is 0. The van der Waals surface area contributed by atoms with Gasteiger partial charge in [0.15, 0.2) is 11.6 Å². The molecule has 1 heterocycles. The Labute approximate surface area is 210 Å². The molecule has 4 unspecified atom stereocenters. The van der Waals surface area contributed by atoms with Crippen LogP contribution in [0.25, 0.3) is 0 Å². The highest BCUT2D eigenvalue weighted by Crippen LogP contribution is 2.56. The van der Waals surface area contributed by atoms with Crippen molar-refractivity contribution in [3.63, 3.8) is 0 Å². The first-order valence-corrected chi connectivity index (χ1v) is 12.5. The standard InChI is InChI=1S/C29H31NO6/c1-15-13-21(32)25-20(26(15)33)14-19-16(23(25)17-7-5-6-8-22(17)36-12-11-31)9-10-18-24(19)28(35)30(27(18)34)29(2,3)4/h5-9,13,18-19,23-24,31H,10-12,14H2,1-4H3. The molecule has 7 nitrogen and oxygen atoms in total. The molecule has 0 aromatic heterocycles. The largest absolute Gasteiger partial charge is 0.491 e. The molecule has 1 saturated heterocycles. The number of aliphatic hydroxyl groups is 1. The zero-order valence-electron chi connectivity index (χ0n) is 21.0. The maximum absolute atomic E-state index is 13.7. The van der Waals surface area contributed by atoms with Crippen LogP contribution in [0.1, 0.15) is 52.0 Å². The van der Waals surface area contributed by atoms with Gasteiger partial charge >= 0.3 is 0 Å². The van der Waals surface area contributed by atoms with Gasteiger partial charge in [-0.3, -0.25) is 24.1 Å². The summed E-state index contributed by atoms with van der Waals surface area (Å²) in [5.41, 5.74) is 2.19. The van der Waals surface area contributed by atoms with E-state index >= 15 is 0 Å². The summed E-state index contributed by atoms with van der Waals surface area (Å²) in [4.78, 5) is 55.2. The molecule has 1 N–H and O–H groups in total. The van der Waals surface area contributed by atoms with Crippen LogP contribution in [-0.2, 0) is 19.2 Å². The third kappa shape index (κ3) is 3.60. The molecule has 0 spiro atoms. The van der Waals surface area contributed by atoms with Crippen molar-refractivity contribution in [2.24, 2.45) is 17.8 Å². The number of amides is 2. The van der Waals surface area contributed by atoms with Crippen LogP contribution in [0.5, 0.6) is 5.75 Å². The second kappa shape index (κ2) is 8.66. The number of aliphatic hydroxyl groups excluding tert-OH is 1. The fourth-order valence-electron chi connectivity index (χ4n) is 6.40. The number of nitrogens with zero attached hydrogens (tertiary/aromatic N) is 1. The number of carbonyl (C=O) groups excluding carboxylic acids is 4. The summed E-state index contributed by atoms with van der Waals surface area (Å²) in [6.07, 6.45) is 4.06. The van der Waals surface area contributed by atoms with Crippen molar-refractivity contribution in [1.29, 1.82) is 0 Å². The van der Waals surface area contributed by atoms with Crippen LogP contribution in [0.2, 0.25) is 0 Å². The Kier molecular flexibility index (Phi) is 5.86. The first kappa shape index (κ1) is 24.4. The number of likely N-dealkylation sites (tertiary alicyclic amines) is 1. The number of Topliss-reactive ketones (excluding diaryl/α,β-unsaturated/α-hetero) is 1. The summed E-state index contributed by atoms with van der Waals surface area (Å²) in [6.45, 7) is 7.11. The summed E-state index contributed by atoms with van der Waals surface area (Å²) < 4.78 is 5.83. The Balaban J connectivity index is 1.69. The molecule has 0 saturated carbocycles. The Hall–Kier alpha value is -3.32. The lowest BCUT2D eigenvalue weighted by Crippen LogP contribution is -2.46. The predicted molar refractivity (Wildman–Crippen MR) is 132 cm³/mol. The first-order chi connectivity index (χ1) is 17.1. The number of carbonyl (C=O) groups is 4. The van der Waals surface area contributed by atoms with E-state index in [4.69, 9.17) is 4.74 Å². The number of hydrogen-bond acceptors (Lipinski definition) is 6. The average Bonchev–Trinajstić information content (AvgIpc) is 3.10. The second-order valence-electron chi connectivity index (χ2n) is 11.0. The smallest absolute Gasteiger partial charge is 0.234 e. The van der Waals surface area contributed by atoms with E-state index in [1.165, 1.54) is 11.0 Å². The van der Waals surface area contributed by atoms with Gasteiger partial charge in [0.25, 0.3) is 0 Å². The Morgan fingerprint density at radius 2 is 1.78 bits per heavy atom. The van der Waals surface area contributed by atoms with E-state index in [2.05, 4.69) is 0 Å². The minimum absolute atomic E-state index is 0.0855. The summed E-state index contributed by atoms with van der Waals surface area (Å²) in [5.74, 6) is -2.24. The molecule has 188 valence electrons. The Bertz CT molecular complexity index is 1280. The minimum atomic E-state index is -0.648. The molecule has 0 bridgehead atoms. The number of ether oxygens (including phenoxy) is 1. The molecule has 5 rings (SSSR count). The van der Waals surface area contributed by atoms with Crippen LogP contribution in [0, 0.1) is 17.8 Å². The molecular formula is C29H31NO6. The zero-order valence-corrected chi connectivity index (χ0v) is 21.0. The number of fused-ring (bicyclic) bond motifs is 3. The van der Waals surface area contributed by atoms with Gasteiger partial charge in [0.05, 0.1) is 18.4 Å². The van der Waals surface area contributed by atoms with Gasteiger partial charge in [-0.2, -0.15) is 0 Å². The molecular weight excluding hydrogens is 458 g/mol. The van der Waals surface area contributed by atoms with Crippen molar-refractivity contribution in [1.82, 2.24) is 4.90 Å². The highest BCUT2D eigenvalue weighted by Gasteiger charge is 2.58. The lowest BCUT2D eigenvalue weighted by Gasteiger charge is -2.42. The molecule has 4 atom stereocenters. The molecule has 36 heavy (non-hydrogen) atoms. The quantitative estimate of drug-likeness (QED) is 0.396. The van der Waals surface area contributed by atoms with Crippen molar-refractivity contribution in [3.8, 4) is 5.75 Å². The van der Waals surface area contributed by atoms with Crippen molar-refractivity contribution in [2.75, 3.05) is 13.2 Å². The van der Waals surface area contributed by atoms with Gasteiger partial charge in [0.2, 0.25) is 11.8 Å². The van der Waals surface area contributed by atoms with E-state index in [9.17, 15) is 24.3 Å². The predicted octanol–water partition coefficient (Wildman–Crippen LogP) is 3.29. The van der Waals surface area contributed by atoms with Gasteiger partial charge in [-0.05, 0) is 58.6 Å². The van der Waals surface area contributed by atoms with Crippen LogP contribution in [0.3, 0.4) is 0 Å². The molecule has 2 amide bonds. The molecule has 3 aliphatic carbocycles. The second-order valence-corrected chi connectivity index (χ2v) is 11.0. The van der Waals surface area contributed by atoms with Crippen molar-refractivity contribution in [3.05, 3.63) is 64.3 Å². The van der Waals surface area contributed by atoms with E-state index in [0.717, 1.165) is 5.57 Å². The van der Waals surface area contributed by atoms with Gasteiger partial charge in [0, 0.05) is 33.7 Å². The van der Waals surface area contributed by atoms with Crippen LogP contribution in [0.15, 0.2) is 58.7 Å². The highest BCUT2D eigenvalue weighted by molar-refractivity contribution is 6.23. The maximum Gasteiger partial charge on any atom is 0.234 e. The number of hydrogen-bond donors (Lipinski definition) is 1. The lowest BCUT2D eigenvalue weighted by molar-refractivity contribution is -0.145. The number of ketones is 2. The fourth-order valence-corrected chi connectivity index (χ4v) is 6.40. The fraction of sp³-hybridized carbons (Fsp3) is 0.448. The van der Waals surface area contributed by atoms with Crippen LogP contribution in [-0.4, -0.2) is 52.1 Å². The van der Waals surface area contributed by atoms with Crippen LogP contribution < -0.4 is 4.74 Å². The SMILES string of the molecule is CC1=CC(=O)C2=C(CC3C(=CCC4C(=O)N(C(C)(C)C)C(=O)C43)C2c2ccccc2OCCO)C1=O. The number of allylic oxidation sites excluding steroid dienone is 6. The van der Waals surface area contributed by atoms with Gasteiger partial charge in [-0.25, -0.2) is 0 Å². The highest BCUT2D eigenvalue weighted by atomic mass is 16.5. The van der Waals surface area contributed by atoms with Gasteiger partial charge in [0.1, 0.15) is 12.4 Å². The molecule has 1 aliphatic heterocycles. The topological polar surface area (TPSA) is 101 Å². The van der Waals surface area contributed by atoms with Crippen molar-refractivity contribution >= 4 is 23.4 Å². The Morgan fingerprint density at radius 3 is 2.47 bits per heavy atom. The normalized spacial score (nSPS) is 28.0. The molecule has 4 aliphatic rings. The number of benzene rings is 1. The molecule has 1 aromatic rings. The summed E-state index contributed by atoms with van der Waals surface area (Å²) in [6, 6.07) is 7.31. The van der Waals surface area contributed by atoms with Crippen molar-refractivity contribution in [2.45, 2.75) is 52.0 Å². The third-order valence-electron chi connectivity index (χ3n) is 7.81. The zero-order chi connectivity index (χ0) is 25.9. The van der Waals surface area contributed by atoms with Gasteiger partial charge in [-0.15, -0.1) is 0 Å². The molecule has 1 aromatic carbocycles. The van der Waals surface area contributed by atoms with E-state index in [0.29, 0.717) is 34.5 Å². The lowest BCUT2D eigenvalue weighted by atomic mass is 9.59. The summed E-state index contributed by atoms with van der Waals surface area (Å²) >= 11 is 0. The number of para-hydroxylation sites is 1. The number of rotatable bonds is 4. The van der Waals surface area contributed by atoms with Crippen LogP contribution >= 0.6 is 0 Å². The van der Waals surface area contributed by atoms with E-state index in [1.54, 1.807) is 13.0 Å². The Morgan fingerprint density at radius 1 is 1.06 bits per heavy atom. The average molecular weight is 490 g/mol. The molecule has 1 fully saturated rings. The van der Waals surface area contributed by atoms with Crippen molar-refractivity contribution < 1.29 is 29.0 Å². The van der Waals surface area contributed by atoms with E-state index in [1.807, 2.05) is 45.0 Å². The van der Waals surface area contributed by atoms with Gasteiger partial charge in [-0.1, -0.05) is 29.8 Å². The van der Waals surface area contributed by atoms with E-state index in [-0.39, 0.29) is 48.9 Å². The van der Waals surface area contributed by atoms with Crippen LogP contribution in [0.4, 0.5) is 0 Å². The molecule has 7 heteroatoms. The molecule has 0 radical (unpaired) electrons. The maximum atomic E-state index is 13.7. The number of imide groups is 1. The third-order valence-corrected chi connectivity index (χ3v) is 7.81. The summed E-state index contributed by atoms with van der Waals surface area (Å²) in [5, 5.41) is 9.33. The van der Waals surface area contributed by atoms with Gasteiger partial charge < -0.3 is 9.84 Å².